The molecule has 0 bridgehead atoms. The summed E-state index contributed by atoms with van der Waals surface area (Å²) in [7, 11) is 0. The van der Waals surface area contributed by atoms with Gasteiger partial charge in [-0.1, -0.05) is 26.7 Å². The third-order valence-electron chi connectivity index (χ3n) is 5.67. The van der Waals surface area contributed by atoms with Crippen molar-refractivity contribution in [2.24, 2.45) is 23.5 Å². The molecule has 2 heteroatoms. The lowest BCUT2D eigenvalue weighted by molar-refractivity contribution is 0.103. The van der Waals surface area contributed by atoms with Gasteiger partial charge < -0.3 is 10.6 Å². The second-order valence-corrected chi connectivity index (χ2v) is 7.42. The molecule has 19 heavy (non-hydrogen) atoms. The predicted octanol–water partition coefficient (Wildman–Crippen LogP) is 3.65. The highest BCUT2D eigenvalue weighted by molar-refractivity contribution is 4.85. The molecule has 2 nitrogen and oxygen atoms in total. The van der Waals surface area contributed by atoms with E-state index in [2.05, 4.69) is 25.7 Å². The first kappa shape index (κ1) is 15.3. The van der Waals surface area contributed by atoms with Crippen molar-refractivity contribution in [3.8, 4) is 0 Å². The zero-order valence-electron chi connectivity index (χ0n) is 13.3. The van der Waals surface area contributed by atoms with E-state index in [1.165, 1.54) is 58.0 Å². The van der Waals surface area contributed by atoms with Crippen LogP contribution in [0.1, 0.15) is 65.7 Å². The minimum Gasteiger partial charge on any atom is -0.328 e. The van der Waals surface area contributed by atoms with Crippen molar-refractivity contribution >= 4 is 0 Å². The third-order valence-corrected chi connectivity index (χ3v) is 5.67. The largest absolute Gasteiger partial charge is 0.328 e. The number of likely N-dealkylation sites (tertiary alicyclic amines) is 1. The first-order chi connectivity index (χ1) is 9.08. The average molecular weight is 266 g/mol. The minimum absolute atomic E-state index is 0.372. The molecule has 0 amide bonds. The van der Waals surface area contributed by atoms with E-state index in [1.807, 2.05) is 0 Å². The first-order valence-corrected chi connectivity index (χ1v) is 8.57. The van der Waals surface area contributed by atoms with Crippen LogP contribution in [0, 0.1) is 17.8 Å². The fourth-order valence-corrected chi connectivity index (χ4v) is 4.14. The maximum absolute atomic E-state index is 6.12. The smallest absolute Gasteiger partial charge is 0.00954 e. The standard InChI is InChI=1S/C17H34N2/c1-13(2)15-6-4-8-17(10-9-15)19-11-5-7-16(12-19)14(3)18/h13-17H,4-12,18H2,1-3H3. The summed E-state index contributed by atoms with van der Waals surface area (Å²) in [5.74, 6) is 2.58. The summed E-state index contributed by atoms with van der Waals surface area (Å²) >= 11 is 0. The van der Waals surface area contributed by atoms with Gasteiger partial charge >= 0.3 is 0 Å². The van der Waals surface area contributed by atoms with Crippen molar-refractivity contribution in [3.63, 3.8) is 0 Å². The van der Waals surface area contributed by atoms with Crippen LogP contribution in [0.3, 0.4) is 0 Å². The molecule has 2 rings (SSSR count). The van der Waals surface area contributed by atoms with Gasteiger partial charge in [-0.3, -0.25) is 0 Å². The molecule has 1 saturated carbocycles. The van der Waals surface area contributed by atoms with Crippen LogP contribution in [-0.2, 0) is 0 Å². The molecule has 2 aliphatic rings. The molecule has 1 aliphatic heterocycles. The van der Waals surface area contributed by atoms with Gasteiger partial charge in [0.15, 0.2) is 0 Å². The lowest BCUT2D eigenvalue weighted by Crippen LogP contribution is -2.46. The Bertz CT molecular complexity index is 262. The van der Waals surface area contributed by atoms with Gasteiger partial charge in [0.1, 0.15) is 0 Å². The number of nitrogens with zero attached hydrogens (tertiary/aromatic N) is 1. The fraction of sp³-hybridized carbons (Fsp3) is 1.00. The summed E-state index contributed by atoms with van der Waals surface area (Å²) in [6.45, 7) is 9.57. The maximum Gasteiger partial charge on any atom is 0.00954 e. The summed E-state index contributed by atoms with van der Waals surface area (Å²) in [6.07, 6.45) is 9.89. The van der Waals surface area contributed by atoms with Gasteiger partial charge in [-0.15, -0.1) is 0 Å². The Balaban J connectivity index is 1.87. The van der Waals surface area contributed by atoms with Crippen LogP contribution < -0.4 is 5.73 Å². The molecule has 0 aromatic rings. The zero-order valence-corrected chi connectivity index (χ0v) is 13.3. The van der Waals surface area contributed by atoms with Crippen LogP contribution in [-0.4, -0.2) is 30.1 Å². The van der Waals surface area contributed by atoms with E-state index in [0.29, 0.717) is 6.04 Å². The van der Waals surface area contributed by atoms with E-state index < -0.39 is 0 Å². The molecule has 0 spiro atoms. The Morgan fingerprint density at radius 1 is 0.895 bits per heavy atom. The molecule has 4 unspecified atom stereocenters. The molecule has 1 heterocycles. The highest BCUT2D eigenvalue weighted by Crippen LogP contribution is 2.32. The fourth-order valence-electron chi connectivity index (χ4n) is 4.14. The van der Waals surface area contributed by atoms with Gasteiger partial charge in [0, 0.05) is 18.6 Å². The Labute approximate surface area is 120 Å². The third kappa shape index (κ3) is 4.19. The molecule has 0 aromatic heterocycles. The molecule has 2 fully saturated rings. The lowest BCUT2D eigenvalue weighted by atomic mass is 9.88. The number of nitrogens with two attached hydrogens (primary N) is 1. The highest BCUT2D eigenvalue weighted by atomic mass is 15.2. The van der Waals surface area contributed by atoms with Crippen LogP contribution in [0.15, 0.2) is 0 Å². The Morgan fingerprint density at radius 2 is 1.63 bits per heavy atom. The molecule has 4 atom stereocenters. The van der Waals surface area contributed by atoms with E-state index in [1.54, 1.807) is 0 Å². The summed E-state index contributed by atoms with van der Waals surface area (Å²) in [6, 6.07) is 1.22. The van der Waals surface area contributed by atoms with E-state index in [9.17, 15) is 0 Å². The molecule has 1 saturated heterocycles. The summed E-state index contributed by atoms with van der Waals surface area (Å²) < 4.78 is 0. The van der Waals surface area contributed by atoms with E-state index in [-0.39, 0.29) is 0 Å². The monoisotopic (exact) mass is 266 g/mol. The average Bonchev–Trinajstić information content (AvgIpc) is 2.64. The first-order valence-electron chi connectivity index (χ1n) is 8.57. The highest BCUT2D eigenvalue weighted by Gasteiger charge is 2.29. The molecule has 0 aromatic carbocycles. The van der Waals surface area contributed by atoms with Gasteiger partial charge in [0.25, 0.3) is 0 Å². The minimum atomic E-state index is 0.372. The number of hydrogen-bond acceptors (Lipinski definition) is 2. The summed E-state index contributed by atoms with van der Waals surface area (Å²) in [4.78, 5) is 2.78. The van der Waals surface area contributed by atoms with Gasteiger partial charge in [0.2, 0.25) is 0 Å². The molecule has 0 radical (unpaired) electrons. The molecule has 112 valence electrons. The topological polar surface area (TPSA) is 29.3 Å². The van der Waals surface area contributed by atoms with E-state index in [4.69, 9.17) is 5.73 Å². The van der Waals surface area contributed by atoms with Crippen molar-refractivity contribution in [2.75, 3.05) is 13.1 Å². The van der Waals surface area contributed by atoms with E-state index >= 15 is 0 Å². The predicted molar refractivity (Wildman–Crippen MR) is 83.1 cm³/mol. The second kappa shape index (κ2) is 7.08. The van der Waals surface area contributed by atoms with Crippen LogP contribution in [0.25, 0.3) is 0 Å². The second-order valence-electron chi connectivity index (χ2n) is 7.42. The van der Waals surface area contributed by atoms with Crippen LogP contribution in [0.2, 0.25) is 0 Å². The van der Waals surface area contributed by atoms with Gasteiger partial charge in [-0.25, -0.2) is 0 Å². The van der Waals surface area contributed by atoms with Gasteiger partial charge in [0.05, 0.1) is 0 Å². The summed E-state index contributed by atoms with van der Waals surface area (Å²) in [5, 5.41) is 0. The van der Waals surface area contributed by atoms with Crippen molar-refractivity contribution in [1.29, 1.82) is 0 Å². The molecular weight excluding hydrogens is 232 g/mol. The molecular formula is C17H34N2. The number of rotatable bonds is 3. The zero-order chi connectivity index (χ0) is 13.8. The Hall–Kier alpha value is -0.0800. The maximum atomic E-state index is 6.12. The quantitative estimate of drug-likeness (QED) is 0.790. The van der Waals surface area contributed by atoms with Crippen molar-refractivity contribution < 1.29 is 0 Å². The van der Waals surface area contributed by atoms with Gasteiger partial charge in [-0.2, -0.15) is 0 Å². The van der Waals surface area contributed by atoms with Crippen LogP contribution >= 0.6 is 0 Å². The summed E-state index contributed by atoms with van der Waals surface area (Å²) in [5.41, 5.74) is 6.12. The Morgan fingerprint density at radius 3 is 2.32 bits per heavy atom. The van der Waals surface area contributed by atoms with E-state index in [0.717, 1.165) is 23.8 Å². The number of hydrogen-bond donors (Lipinski definition) is 1. The van der Waals surface area contributed by atoms with Gasteiger partial charge in [-0.05, 0) is 63.3 Å². The lowest BCUT2D eigenvalue weighted by Gasteiger charge is -2.39. The van der Waals surface area contributed by atoms with Crippen molar-refractivity contribution in [2.45, 2.75) is 77.8 Å². The molecule has 2 N–H and O–H groups in total. The van der Waals surface area contributed by atoms with Crippen molar-refractivity contribution in [3.05, 3.63) is 0 Å². The van der Waals surface area contributed by atoms with Crippen LogP contribution in [0.4, 0.5) is 0 Å². The number of piperidine rings is 1. The SMILES string of the molecule is CC(C)C1CCCC(N2CCCC(C(C)N)C2)CC1. The molecule has 1 aliphatic carbocycles. The normalized spacial score (nSPS) is 36.2. The van der Waals surface area contributed by atoms with Crippen LogP contribution in [0.5, 0.6) is 0 Å². The Kier molecular flexibility index (Phi) is 5.70. The van der Waals surface area contributed by atoms with Crippen molar-refractivity contribution in [1.82, 2.24) is 4.90 Å².